The SMILES string of the molecule is NC(=O)[C@H](Cc1ccc(Cl)nc1)NC(=O)[C@@H](Cc1ccccc1)NC(=O)OCc1ccccc1. The fourth-order valence-corrected chi connectivity index (χ4v) is 3.34. The monoisotopic (exact) mass is 480 g/mol. The van der Waals surface area contributed by atoms with E-state index in [1.807, 2.05) is 60.7 Å². The van der Waals surface area contributed by atoms with Crippen LogP contribution in [0.3, 0.4) is 0 Å². The van der Waals surface area contributed by atoms with Gasteiger partial charge in [0.15, 0.2) is 0 Å². The quantitative estimate of drug-likeness (QED) is 0.385. The molecule has 9 heteroatoms. The van der Waals surface area contributed by atoms with Crippen LogP contribution in [-0.2, 0) is 33.8 Å². The van der Waals surface area contributed by atoms with Crippen LogP contribution in [0.4, 0.5) is 4.79 Å². The Hall–Kier alpha value is -3.91. The molecular formula is C25H25ClN4O4. The number of benzene rings is 2. The normalized spacial score (nSPS) is 12.3. The molecule has 0 unspecified atom stereocenters. The highest BCUT2D eigenvalue weighted by molar-refractivity contribution is 6.29. The topological polar surface area (TPSA) is 123 Å². The summed E-state index contributed by atoms with van der Waals surface area (Å²) in [6, 6.07) is 19.6. The molecule has 34 heavy (non-hydrogen) atoms. The molecule has 1 heterocycles. The van der Waals surface area contributed by atoms with E-state index in [1.54, 1.807) is 12.1 Å². The van der Waals surface area contributed by atoms with Gasteiger partial charge in [-0.1, -0.05) is 78.3 Å². The van der Waals surface area contributed by atoms with Crippen LogP contribution in [0.15, 0.2) is 79.0 Å². The zero-order valence-corrected chi connectivity index (χ0v) is 19.1. The lowest BCUT2D eigenvalue weighted by atomic mass is 10.0. The zero-order valence-electron chi connectivity index (χ0n) is 18.3. The number of nitrogens with two attached hydrogens (primary N) is 1. The van der Waals surface area contributed by atoms with Crippen LogP contribution in [0.1, 0.15) is 16.7 Å². The Morgan fingerprint density at radius 2 is 1.44 bits per heavy atom. The molecule has 0 fully saturated rings. The first-order chi connectivity index (χ1) is 16.4. The number of nitrogens with one attached hydrogen (secondary N) is 2. The highest BCUT2D eigenvalue weighted by Gasteiger charge is 2.26. The number of carbonyl (C=O) groups is 3. The molecular weight excluding hydrogens is 456 g/mol. The van der Waals surface area contributed by atoms with E-state index < -0.39 is 30.0 Å². The summed E-state index contributed by atoms with van der Waals surface area (Å²) >= 11 is 5.80. The van der Waals surface area contributed by atoms with Crippen LogP contribution in [-0.4, -0.2) is 35.0 Å². The number of ether oxygens (including phenoxy) is 1. The van der Waals surface area contributed by atoms with Crippen molar-refractivity contribution in [3.8, 4) is 0 Å². The first-order valence-electron chi connectivity index (χ1n) is 10.6. The van der Waals surface area contributed by atoms with Crippen molar-refractivity contribution in [3.05, 3.63) is 101 Å². The summed E-state index contributed by atoms with van der Waals surface area (Å²) in [5.41, 5.74) is 7.82. The maximum atomic E-state index is 13.1. The molecule has 3 amide bonds. The van der Waals surface area contributed by atoms with Crippen LogP contribution in [0, 0.1) is 0 Å². The summed E-state index contributed by atoms with van der Waals surface area (Å²) in [5, 5.41) is 5.54. The molecule has 0 spiro atoms. The summed E-state index contributed by atoms with van der Waals surface area (Å²) in [5.74, 6) is -1.28. The van der Waals surface area contributed by atoms with Crippen LogP contribution < -0.4 is 16.4 Å². The maximum Gasteiger partial charge on any atom is 0.408 e. The fraction of sp³-hybridized carbons (Fsp3) is 0.200. The Balaban J connectivity index is 1.68. The average Bonchev–Trinajstić information content (AvgIpc) is 2.84. The minimum atomic E-state index is -1.00. The predicted molar refractivity (Wildman–Crippen MR) is 128 cm³/mol. The second kappa shape index (κ2) is 12.4. The van der Waals surface area contributed by atoms with Gasteiger partial charge < -0.3 is 21.1 Å². The van der Waals surface area contributed by atoms with Gasteiger partial charge in [0.1, 0.15) is 23.8 Å². The third-order valence-electron chi connectivity index (χ3n) is 4.99. The van der Waals surface area contributed by atoms with Gasteiger partial charge in [0.25, 0.3) is 0 Å². The third kappa shape index (κ3) is 7.90. The van der Waals surface area contributed by atoms with Crippen molar-refractivity contribution < 1.29 is 19.1 Å². The van der Waals surface area contributed by atoms with Crippen LogP contribution in [0.25, 0.3) is 0 Å². The van der Waals surface area contributed by atoms with E-state index in [1.165, 1.54) is 6.20 Å². The number of carbonyl (C=O) groups excluding carboxylic acids is 3. The van der Waals surface area contributed by atoms with E-state index in [2.05, 4.69) is 15.6 Å². The number of aromatic nitrogens is 1. The van der Waals surface area contributed by atoms with Gasteiger partial charge in [-0.25, -0.2) is 9.78 Å². The van der Waals surface area contributed by atoms with E-state index in [0.29, 0.717) is 10.7 Å². The number of primary amides is 1. The van der Waals surface area contributed by atoms with Gasteiger partial charge in [0.2, 0.25) is 11.8 Å². The number of pyridine rings is 1. The molecule has 0 saturated carbocycles. The van der Waals surface area contributed by atoms with Crippen molar-refractivity contribution in [3.63, 3.8) is 0 Å². The minimum Gasteiger partial charge on any atom is -0.445 e. The van der Waals surface area contributed by atoms with Crippen molar-refractivity contribution in [1.29, 1.82) is 0 Å². The van der Waals surface area contributed by atoms with Crippen LogP contribution in [0.5, 0.6) is 0 Å². The van der Waals surface area contributed by atoms with Crippen molar-refractivity contribution in [1.82, 2.24) is 15.6 Å². The molecule has 1 aromatic heterocycles. The summed E-state index contributed by atoms with van der Waals surface area (Å²) in [6.45, 7) is 0.0554. The summed E-state index contributed by atoms with van der Waals surface area (Å²) in [6.07, 6.45) is 1.07. The molecule has 0 aliphatic rings. The molecule has 0 radical (unpaired) electrons. The Bertz CT molecular complexity index is 1090. The van der Waals surface area contributed by atoms with Crippen molar-refractivity contribution in [2.24, 2.45) is 5.73 Å². The Kier molecular flexibility index (Phi) is 8.99. The molecule has 0 aliphatic heterocycles. The number of hydrogen-bond donors (Lipinski definition) is 3. The van der Waals surface area contributed by atoms with Crippen LogP contribution in [0.2, 0.25) is 5.15 Å². The first-order valence-corrected chi connectivity index (χ1v) is 11.0. The number of nitrogens with zero attached hydrogens (tertiary/aromatic N) is 1. The van der Waals surface area contributed by atoms with Crippen molar-refractivity contribution in [2.45, 2.75) is 31.5 Å². The second-order valence-corrected chi connectivity index (χ2v) is 7.99. The molecule has 0 aliphatic carbocycles. The number of hydrogen-bond acceptors (Lipinski definition) is 5. The smallest absolute Gasteiger partial charge is 0.408 e. The fourth-order valence-electron chi connectivity index (χ4n) is 3.22. The number of amides is 3. The lowest BCUT2D eigenvalue weighted by Gasteiger charge is -2.22. The number of halogens is 1. The van der Waals surface area contributed by atoms with Crippen molar-refractivity contribution in [2.75, 3.05) is 0 Å². The Morgan fingerprint density at radius 3 is 2.03 bits per heavy atom. The van der Waals surface area contributed by atoms with Gasteiger partial charge in [-0.05, 0) is 22.8 Å². The van der Waals surface area contributed by atoms with Gasteiger partial charge in [-0.2, -0.15) is 0 Å². The second-order valence-electron chi connectivity index (χ2n) is 7.61. The first kappa shape index (κ1) is 24.7. The third-order valence-corrected chi connectivity index (χ3v) is 5.22. The molecule has 176 valence electrons. The molecule has 0 bridgehead atoms. The molecule has 0 saturated heterocycles. The largest absolute Gasteiger partial charge is 0.445 e. The predicted octanol–water partition coefficient (Wildman–Crippen LogP) is 2.79. The van der Waals surface area contributed by atoms with E-state index in [4.69, 9.17) is 22.1 Å². The number of rotatable bonds is 10. The maximum absolute atomic E-state index is 13.1. The van der Waals surface area contributed by atoms with E-state index in [-0.39, 0.29) is 19.4 Å². The molecule has 2 atom stereocenters. The summed E-state index contributed by atoms with van der Waals surface area (Å²) < 4.78 is 5.26. The highest BCUT2D eigenvalue weighted by Crippen LogP contribution is 2.09. The lowest BCUT2D eigenvalue weighted by Crippen LogP contribution is -2.54. The van der Waals surface area contributed by atoms with Gasteiger partial charge >= 0.3 is 6.09 Å². The Labute approximate surface area is 202 Å². The van der Waals surface area contributed by atoms with E-state index in [9.17, 15) is 14.4 Å². The zero-order chi connectivity index (χ0) is 24.3. The van der Waals surface area contributed by atoms with Gasteiger partial charge in [-0.3, -0.25) is 9.59 Å². The average molecular weight is 481 g/mol. The molecule has 3 aromatic rings. The Morgan fingerprint density at radius 1 is 0.824 bits per heavy atom. The lowest BCUT2D eigenvalue weighted by molar-refractivity contribution is -0.128. The van der Waals surface area contributed by atoms with Crippen LogP contribution >= 0.6 is 11.6 Å². The van der Waals surface area contributed by atoms with Gasteiger partial charge in [0, 0.05) is 19.0 Å². The summed E-state index contributed by atoms with van der Waals surface area (Å²) in [7, 11) is 0. The van der Waals surface area contributed by atoms with E-state index in [0.717, 1.165) is 11.1 Å². The van der Waals surface area contributed by atoms with E-state index >= 15 is 0 Å². The molecule has 4 N–H and O–H groups in total. The summed E-state index contributed by atoms with van der Waals surface area (Å²) in [4.78, 5) is 41.5. The van der Waals surface area contributed by atoms with Gasteiger partial charge in [-0.15, -0.1) is 0 Å². The van der Waals surface area contributed by atoms with Crippen molar-refractivity contribution >= 4 is 29.5 Å². The molecule has 8 nitrogen and oxygen atoms in total. The standard InChI is InChI=1S/C25H25ClN4O4/c26-22-12-11-19(15-28-22)14-20(23(27)31)29-24(32)21(13-17-7-3-1-4-8-17)30-25(33)34-16-18-9-5-2-6-10-18/h1-12,15,20-21H,13-14,16H2,(H2,27,31)(H,29,32)(H,30,33)/t20-,21+/m0/s1. The molecule has 3 rings (SSSR count). The molecule has 2 aromatic carbocycles. The van der Waals surface area contributed by atoms with Gasteiger partial charge in [0.05, 0.1) is 0 Å². The highest BCUT2D eigenvalue weighted by atomic mass is 35.5. The number of alkyl carbamates (subject to hydrolysis) is 1. The minimum absolute atomic E-state index is 0.0554.